The van der Waals surface area contributed by atoms with Crippen molar-refractivity contribution in [3.63, 3.8) is 0 Å². The minimum Gasteiger partial charge on any atom is -0.320 e. The minimum absolute atomic E-state index is 0. The number of pyridine rings is 1. The van der Waals surface area contributed by atoms with Crippen LogP contribution in [0.3, 0.4) is 0 Å². The maximum atomic E-state index is 12.5. The van der Waals surface area contributed by atoms with E-state index in [1.165, 1.54) is 12.3 Å². The third-order valence-corrected chi connectivity index (χ3v) is 2.48. The van der Waals surface area contributed by atoms with Gasteiger partial charge in [-0.3, -0.25) is 4.98 Å². The minimum atomic E-state index is -0.304. The number of aromatic nitrogens is 1. The summed E-state index contributed by atoms with van der Waals surface area (Å²) in [6.45, 7) is 0. The summed E-state index contributed by atoms with van der Waals surface area (Å²) in [5.41, 5.74) is 6.53. The standard InChI is InChI=1S/C9H11FN2.HI/c10-7-2-3-8(12-6-7)9(11)4-1-5-9;/h2-3,6H,1,4-5,11H2;1H. The molecule has 2 nitrogen and oxygen atoms in total. The second-order valence-corrected chi connectivity index (χ2v) is 3.37. The van der Waals surface area contributed by atoms with Crippen molar-refractivity contribution < 1.29 is 4.39 Å². The Morgan fingerprint density at radius 1 is 1.38 bits per heavy atom. The van der Waals surface area contributed by atoms with Crippen molar-refractivity contribution in [2.24, 2.45) is 5.73 Å². The van der Waals surface area contributed by atoms with Gasteiger partial charge >= 0.3 is 0 Å². The molecule has 0 atom stereocenters. The second kappa shape index (κ2) is 3.88. The summed E-state index contributed by atoms with van der Waals surface area (Å²) >= 11 is 0. The lowest BCUT2D eigenvalue weighted by Crippen LogP contribution is -2.43. The molecule has 0 bridgehead atoms. The van der Waals surface area contributed by atoms with Crippen LogP contribution in [0.15, 0.2) is 18.3 Å². The van der Waals surface area contributed by atoms with Crippen molar-refractivity contribution >= 4 is 24.0 Å². The molecule has 1 aliphatic carbocycles. The highest BCUT2D eigenvalue weighted by Crippen LogP contribution is 2.37. The Morgan fingerprint density at radius 3 is 2.46 bits per heavy atom. The fraction of sp³-hybridized carbons (Fsp3) is 0.444. The van der Waals surface area contributed by atoms with Gasteiger partial charge in [-0.2, -0.15) is 0 Å². The first-order chi connectivity index (χ1) is 5.71. The summed E-state index contributed by atoms with van der Waals surface area (Å²) in [7, 11) is 0. The fourth-order valence-corrected chi connectivity index (χ4v) is 1.48. The summed E-state index contributed by atoms with van der Waals surface area (Å²) in [6, 6.07) is 3.09. The predicted octanol–water partition coefficient (Wildman–Crippen LogP) is 2.18. The molecule has 0 radical (unpaired) electrons. The van der Waals surface area contributed by atoms with Crippen molar-refractivity contribution in [2.75, 3.05) is 0 Å². The number of nitrogens with two attached hydrogens (primary N) is 1. The zero-order valence-electron chi connectivity index (χ0n) is 7.16. The first-order valence-electron chi connectivity index (χ1n) is 4.12. The monoisotopic (exact) mass is 294 g/mol. The second-order valence-electron chi connectivity index (χ2n) is 3.37. The van der Waals surface area contributed by atoms with Gasteiger partial charge in [-0.05, 0) is 31.4 Å². The molecular weight excluding hydrogens is 282 g/mol. The summed E-state index contributed by atoms with van der Waals surface area (Å²) in [5, 5.41) is 0. The highest BCUT2D eigenvalue weighted by molar-refractivity contribution is 14.0. The van der Waals surface area contributed by atoms with Gasteiger partial charge in [0.25, 0.3) is 0 Å². The normalized spacial score (nSPS) is 18.6. The lowest BCUT2D eigenvalue weighted by Gasteiger charge is -2.37. The zero-order chi connectivity index (χ0) is 8.60. The van der Waals surface area contributed by atoms with Gasteiger partial charge < -0.3 is 5.73 Å². The highest BCUT2D eigenvalue weighted by atomic mass is 127. The van der Waals surface area contributed by atoms with E-state index in [9.17, 15) is 4.39 Å². The quantitative estimate of drug-likeness (QED) is 0.806. The molecule has 0 aromatic carbocycles. The van der Waals surface area contributed by atoms with Gasteiger partial charge in [0, 0.05) is 0 Å². The fourth-order valence-electron chi connectivity index (χ4n) is 1.48. The van der Waals surface area contributed by atoms with Gasteiger partial charge in [-0.15, -0.1) is 24.0 Å². The van der Waals surface area contributed by atoms with Gasteiger partial charge in [-0.1, -0.05) is 0 Å². The Morgan fingerprint density at radius 2 is 2.08 bits per heavy atom. The smallest absolute Gasteiger partial charge is 0.141 e. The van der Waals surface area contributed by atoms with Gasteiger partial charge in [-0.25, -0.2) is 4.39 Å². The molecule has 4 heteroatoms. The van der Waals surface area contributed by atoms with Crippen LogP contribution in [0.25, 0.3) is 0 Å². The molecule has 1 aromatic rings. The molecule has 0 aliphatic heterocycles. The number of halogens is 2. The van der Waals surface area contributed by atoms with Crippen LogP contribution < -0.4 is 5.73 Å². The maximum absolute atomic E-state index is 12.5. The van der Waals surface area contributed by atoms with Crippen LogP contribution in [0.1, 0.15) is 25.0 Å². The topological polar surface area (TPSA) is 38.9 Å². The molecule has 0 saturated heterocycles. The van der Waals surface area contributed by atoms with Crippen molar-refractivity contribution in [2.45, 2.75) is 24.8 Å². The Bertz CT molecular complexity index is 282. The van der Waals surface area contributed by atoms with E-state index in [4.69, 9.17) is 5.73 Å². The third-order valence-electron chi connectivity index (χ3n) is 2.48. The van der Waals surface area contributed by atoms with Crippen LogP contribution in [0.4, 0.5) is 4.39 Å². The number of hydrogen-bond acceptors (Lipinski definition) is 2. The van der Waals surface area contributed by atoms with Crippen LogP contribution in [-0.4, -0.2) is 4.98 Å². The summed E-state index contributed by atoms with van der Waals surface area (Å²) < 4.78 is 12.5. The molecule has 2 N–H and O–H groups in total. The zero-order valence-corrected chi connectivity index (χ0v) is 9.49. The van der Waals surface area contributed by atoms with E-state index in [1.807, 2.05) is 0 Å². The molecule has 1 fully saturated rings. The van der Waals surface area contributed by atoms with Gasteiger partial charge in [0.2, 0.25) is 0 Å². The van der Waals surface area contributed by atoms with E-state index in [0.29, 0.717) is 0 Å². The molecule has 0 spiro atoms. The van der Waals surface area contributed by atoms with Crippen LogP contribution in [-0.2, 0) is 5.54 Å². The SMILES string of the molecule is I.NC1(c2ccc(F)cn2)CCC1. The van der Waals surface area contributed by atoms with Gasteiger partial charge in [0.15, 0.2) is 0 Å². The number of rotatable bonds is 1. The van der Waals surface area contributed by atoms with Crippen molar-refractivity contribution in [1.29, 1.82) is 0 Å². The van der Waals surface area contributed by atoms with E-state index < -0.39 is 0 Å². The van der Waals surface area contributed by atoms with E-state index in [-0.39, 0.29) is 35.3 Å². The summed E-state index contributed by atoms with van der Waals surface area (Å²) in [6.07, 6.45) is 4.30. The molecule has 13 heavy (non-hydrogen) atoms. The first kappa shape index (κ1) is 10.8. The maximum Gasteiger partial charge on any atom is 0.141 e. The number of nitrogens with zero attached hydrogens (tertiary/aromatic N) is 1. The Labute approximate surface area is 93.8 Å². The Balaban J connectivity index is 0.000000845. The average Bonchev–Trinajstić information content (AvgIpc) is 2.02. The van der Waals surface area contributed by atoms with Gasteiger partial charge in [0.05, 0.1) is 17.4 Å². The Hall–Kier alpha value is -0.230. The average molecular weight is 294 g/mol. The molecule has 1 aliphatic rings. The molecule has 1 saturated carbocycles. The molecule has 72 valence electrons. The van der Waals surface area contributed by atoms with Crippen molar-refractivity contribution in [1.82, 2.24) is 4.98 Å². The molecule has 1 heterocycles. The van der Waals surface area contributed by atoms with Crippen molar-refractivity contribution in [3.8, 4) is 0 Å². The highest BCUT2D eigenvalue weighted by Gasteiger charge is 2.35. The first-order valence-corrected chi connectivity index (χ1v) is 4.12. The van der Waals surface area contributed by atoms with Crippen molar-refractivity contribution in [3.05, 3.63) is 29.8 Å². The molecule has 0 amide bonds. The molecule has 0 unspecified atom stereocenters. The predicted molar refractivity (Wildman–Crippen MR) is 59.3 cm³/mol. The molecular formula is C9H12FIN2. The van der Waals surface area contributed by atoms with Crippen LogP contribution in [0.2, 0.25) is 0 Å². The summed E-state index contributed by atoms with van der Waals surface area (Å²) in [4.78, 5) is 3.97. The lowest BCUT2D eigenvalue weighted by molar-refractivity contribution is 0.246. The van der Waals surface area contributed by atoms with Crippen LogP contribution in [0, 0.1) is 5.82 Å². The van der Waals surface area contributed by atoms with Crippen LogP contribution in [0.5, 0.6) is 0 Å². The largest absolute Gasteiger partial charge is 0.320 e. The van der Waals surface area contributed by atoms with Crippen LogP contribution >= 0.6 is 24.0 Å². The number of hydrogen-bond donors (Lipinski definition) is 1. The van der Waals surface area contributed by atoms with E-state index in [0.717, 1.165) is 25.0 Å². The van der Waals surface area contributed by atoms with E-state index >= 15 is 0 Å². The van der Waals surface area contributed by atoms with Gasteiger partial charge in [0.1, 0.15) is 5.82 Å². The summed E-state index contributed by atoms with van der Waals surface area (Å²) in [5.74, 6) is -0.304. The molecule has 2 rings (SSSR count). The lowest BCUT2D eigenvalue weighted by atomic mass is 9.75. The third kappa shape index (κ3) is 1.99. The van der Waals surface area contributed by atoms with E-state index in [1.54, 1.807) is 6.07 Å². The molecule has 1 aromatic heterocycles. The Kier molecular flexibility index (Phi) is 3.23. The van der Waals surface area contributed by atoms with E-state index in [2.05, 4.69) is 4.98 Å².